The predicted molar refractivity (Wildman–Crippen MR) is 70.8 cm³/mol. The van der Waals surface area contributed by atoms with E-state index in [1.54, 1.807) is 23.1 Å². The summed E-state index contributed by atoms with van der Waals surface area (Å²) in [7, 11) is 0. The number of nitrogens with zero attached hydrogens (tertiary/aromatic N) is 2. The van der Waals surface area contributed by atoms with Crippen LogP contribution in [0.5, 0.6) is 0 Å². The van der Waals surface area contributed by atoms with E-state index < -0.39 is 0 Å². The van der Waals surface area contributed by atoms with Crippen LogP contribution in [0.2, 0.25) is 0 Å². The average Bonchev–Trinajstić information content (AvgIpc) is 2.19. The Labute approximate surface area is 102 Å². The molecule has 0 saturated carbocycles. The number of para-hydroxylation sites is 1. The third-order valence-electron chi connectivity index (χ3n) is 2.19. The molecule has 0 spiro atoms. The normalized spacial score (nSPS) is 12.6. The molecule has 1 rings (SSSR count). The van der Waals surface area contributed by atoms with Gasteiger partial charge in [0.1, 0.15) is 5.82 Å². The zero-order valence-electron chi connectivity index (χ0n) is 10.9. The van der Waals surface area contributed by atoms with E-state index in [0.717, 1.165) is 0 Å². The van der Waals surface area contributed by atoms with E-state index in [2.05, 4.69) is 4.99 Å². The van der Waals surface area contributed by atoms with Gasteiger partial charge < -0.3 is 10.6 Å². The molecular weight excluding hydrogens is 217 g/mol. The second-order valence-electron chi connectivity index (χ2n) is 4.84. The molecule has 0 saturated heterocycles. The molecular formula is C13H20FN3. The molecule has 0 amide bonds. The Bertz CT molecular complexity index is 407. The molecule has 4 heteroatoms. The summed E-state index contributed by atoms with van der Waals surface area (Å²) in [6, 6.07) is 6.56. The fourth-order valence-electron chi connectivity index (χ4n) is 1.53. The van der Waals surface area contributed by atoms with Gasteiger partial charge in [0.2, 0.25) is 0 Å². The number of rotatable bonds is 2. The zero-order valence-corrected chi connectivity index (χ0v) is 10.9. The van der Waals surface area contributed by atoms with E-state index in [0.29, 0.717) is 18.2 Å². The Hall–Kier alpha value is -1.58. The number of hydrogen-bond acceptors (Lipinski definition) is 1. The average molecular weight is 237 g/mol. The number of benzene rings is 1. The van der Waals surface area contributed by atoms with Gasteiger partial charge in [0.25, 0.3) is 0 Å². The van der Waals surface area contributed by atoms with Gasteiger partial charge in [-0.25, -0.2) is 9.38 Å². The summed E-state index contributed by atoms with van der Waals surface area (Å²) >= 11 is 0. The zero-order chi connectivity index (χ0) is 13.1. The Balaban J connectivity index is 3.09. The first-order valence-corrected chi connectivity index (χ1v) is 5.72. The van der Waals surface area contributed by atoms with Crippen molar-refractivity contribution < 1.29 is 4.39 Å². The lowest BCUT2D eigenvalue weighted by molar-refractivity contribution is 0.579. The molecule has 0 bridgehead atoms. The summed E-state index contributed by atoms with van der Waals surface area (Å²) in [6.45, 7) is 8.35. The molecule has 17 heavy (non-hydrogen) atoms. The fourth-order valence-corrected chi connectivity index (χ4v) is 1.53. The van der Waals surface area contributed by atoms with Gasteiger partial charge in [0.15, 0.2) is 5.96 Å². The highest BCUT2D eigenvalue weighted by Crippen LogP contribution is 2.19. The molecule has 0 radical (unpaired) electrons. The van der Waals surface area contributed by atoms with Crippen LogP contribution in [0.3, 0.4) is 0 Å². The minimum atomic E-state index is -0.290. The lowest BCUT2D eigenvalue weighted by Crippen LogP contribution is -2.39. The summed E-state index contributed by atoms with van der Waals surface area (Å²) in [5.41, 5.74) is 6.11. The second-order valence-corrected chi connectivity index (χ2v) is 4.84. The summed E-state index contributed by atoms with van der Waals surface area (Å²) in [6.07, 6.45) is 0. The lowest BCUT2D eigenvalue weighted by atomic mass is 10.1. The molecule has 0 heterocycles. The van der Waals surface area contributed by atoms with Gasteiger partial charge in [-0.15, -0.1) is 0 Å². The van der Waals surface area contributed by atoms with Crippen molar-refractivity contribution >= 4 is 11.6 Å². The molecule has 1 aromatic carbocycles. The van der Waals surface area contributed by atoms with Crippen molar-refractivity contribution in [2.24, 2.45) is 10.7 Å². The molecule has 0 atom stereocenters. The SMILES string of the molecule is CCN(C(N)=NC(C)(C)C)c1ccccc1F. The summed E-state index contributed by atoms with van der Waals surface area (Å²) in [4.78, 5) is 6.02. The van der Waals surface area contributed by atoms with E-state index >= 15 is 0 Å². The Morgan fingerprint density at radius 3 is 2.41 bits per heavy atom. The number of guanidine groups is 1. The second kappa shape index (κ2) is 5.17. The van der Waals surface area contributed by atoms with Gasteiger partial charge in [-0.3, -0.25) is 0 Å². The fraction of sp³-hybridized carbons (Fsp3) is 0.462. The first-order valence-electron chi connectivity index (χ1n) is 5.72. The van der Waals surface area contributed by atoms with Crippen molar-refractivity contribution in [2.75, 3.05) is 11.4 Å². The van der Waals surface area contributed by atoms with Gasteiger partial charge in [-0.1, -0.05) is 12.1 Å². The highest BCUT2D eigenvalue weighted by molar-refractivity contribution is 5.95. The molecule has 3 nitrogen and oxygen atoms in total. The first-order chi connectivity index (χ1) is 7.85. The highest BCUT2D eigenvalue weighted by Gasteiger charge is 2.16. The standard InChI is InChI=1S/C13H20FN3/c1-5-17(12(15)16-13(2,3)4)11-9-7-6-8-10(11)14/h6-9H,5H2,1-4H3,(H2,15,16). The van der Waals surface area contributed by atoms with Gasteiger partial charge >= 0.3 is 0 Å². The van der Waals surface area contributed by atoms with Crippen LogP contribution in [0.25, 0.3) is 0 Å². The molecule has 0 aliphatic rings. The van der Waals surface area contributed by atoms with Crippen molar-refractivity contribution in [3.8, 4) is 0 Å². The van der Waals surface area contributed by atoms with Crippen LogP contribution in [-0.2, 0) is 0 Å². The summed E-state index contributed by atoms with van der Waals surface area (Å²) < 4.78 is 13.7. The van der Waals surface area contributed by atoms with E-state index in [1.165, 1.54) is 6.07 Å². The van der Waals surface area contributed by atoms with Crippen molar-refractivity contribution in [1.82, 2.24) is 0 Å². The molecule has 0 fully saturated rings. The van der Waals surface area contributed by atoms with Crippen LogP contribution < -0.4 is 10.6 Å². The molecule has 0 unspecified atom stereocenters. The maximum Gasteiger partial charge on any atom is 0.196 e. The quantitative estimate of drug-likeness (QED) is 0.634. The van der Waals surface area contributed by atoms with Gasteiger partial charge in [-0.2, -0.15) is 0 Å². The van der Waals surface area contributed by atoms with Gasteiger partial charge in [0.05, 0.1) is 11.2 Å². The Morgan fingerprint density at radius 2 is 1.94 bits per heavy atom. The van der Waals surface area contributed by atoms with E-state index in [9.17, 15) is 4.39 Å². The minimum absolute atomic E-state index is 0.275. The van der Waals surface area contributed by atoms with Crippen molar-refractivity contribution in [2.45, 2.75) is 33.2 Å². The predicted octanol–water partition coefficient (Wildman–Crippen LogP) is 2.77. The van der Waals surface area contributed by atoms with Crippen LogP contribution in [-0.4, -0.2) is 18.0 Å². The number of halogens is 1. The van der Waals surface area contributed by atoms with Crippen molar-refractivity contribution in [3.05, 3.63) is 30.1 Å². The monoisotopic (exact) mass is 237 g/mol. The van der Waals surface area contributed by atoms with E-state index in [4.69, 9.17) is 5.73 Å². The van der Waals surface area contributed by atoms with Crippen LogP contribution in [0, 0.1) is 5.82 Å². The third kappa shape index (κ3) is 3.73. The molecule has 0 aromatic heterocycles. The molecule has 0 aliphatic heterocycles. The van der Waals surface area contributed by atoms with Crippen LogP contribution in [0.4, 0.5) is 10.1 Å². The van der Waals surface area contributed by atoms with Crippen LogP contribution in [0.15, 0.2) is 29.3 Å². The van der Waals surface area contributed by atoms with Gasteiger partial charge in [-0.05, 0) is 39.8 Å². The van der Waals surface area contributed by atoms with Crippen molar-refractivity contribution in [1.29, 1.82) is 0 Å². The number of nitrogens with two attached hydrogens (primary N) is 1. The van der Waals surface area contributed by atoms with Crippen LogP contribution in [0.1, 0.15) is 27.7 Å². The first kappa shape index (κ1) is 13.5. The summed E-state index contributed by atoms with van der Waals surface area (Å²) in [5.74, 6) is 0.0477. The van der Waals surface area contributed by atoms with E-state index in [1.807, 2.05) is 27.7 Å². The maximum atomic E-state index is 13.7. The Morgan fingerprint density at radius 1 is 1.35 bits per heavy atom. The molecule has 2 N–H and O–H groups in total. The van der Waals surface area contributed by atoms with Crippen LogP contribution >= 0.6 is 0 Å². The van der Waals surface area contributed by atoms with Crippen molar-refractivity contribution in [3.63, 3.8) is 0 Å². The highest BCUT2D eigenvalue weighted by atomic mass is 19.1. The smallest absolute Gasteiger partial charge is 0.196 e. The Kier molecular flexibility index (Phi) is 4.10. The number of aliphatic imine (C=N–C) groups is 1. The molecule has 1 aromatic rings. The molecule has 0 aliphatic carbocycles. The van der Waals surface area contributed by atoms with E-state index in [-0.39, 0.29) is 11.4 Å². The maximum absolute atomic E-state index is 13.7. The third-order valence-corrected chi connectivity index (χ3v) is 2.19. The minimum Gasteiger partial charge on any atom is -0.369 e. The number of anilines is 1. The summed E-state index contributed by atoms with van der Waals surface area (Å²) in [5, 5.41) is 0. The topological polar surface area (TPSA) is 41.6 Å². The largest absolute Gasteiger partial charge is 0.369 e. The van der Waals surface area contributed by atoms with Gasteiger partial charge in [0, 0.05) is 6.54 Å². The number of hydrogen-bond donors (Lipinski definition) is 1. The lowest BCUT2D eigenvalue weighted by Gasteiger charge is -2.25. The molecule has 94 valence electrons.